The topological polar surface area (TPSA) is 54.9 Å². The molecule has 0 atom stereocenters. The van der Waals surface area contributed by atoms with E-state index in [0.29, 0.717) is 22.8 Å². The summed E-state index contributed by atoms with van der Waals surface area (Å²) in [5.41, 5.74) is 4.94. The number of rotatable bonds is 2. The number of carbonyl (C=O) groups is 1. The Morgan fingerprint density at radius 2 is 1.60 bits per heavy atom. The molecule has 0 saturated carbocycles. The zero-order valence-electron chi connectivity index (χ0n) is 12.5. The van der Waals surface area contributed by atoms with Gasteiger partial charge in [-0.15, -0.1) is 0 Å². The number of hydrogen-bond acceptors (Lipinski definition) is 3. The second-order valence-corrected chi connectivity index (χ2v) is 5.09. The van der Waals surface area contributed by atoms with Crippen LogP contribution in [0.2, 0.25) is 0 Å². The van der Waals surface area contributed by atoms with Gasteiger partial charge in [-0.3, -0.25) is 4.79 Å². The highest BCUT2D eigenvalue weighted by atomic mass is 16.1. The lowest BCUT2D eigenvalue weighted by molar-refractivity contribution is 0.102. The SMILES string of the molecule is Cc1ccc(C)c(NC(=O)c2c(C)nc(C)nc2C)c1. The Kier molecular flexibility index (Phi) is 3.84. The number of carbonyl (C=O) groups excluding carboxylic acids is 1. The summed E-state index contributed by atoms with van der Waals surface area (Å²) in [5, 5.41) is 2.95. The first-order valence-corrected chi connectivity index (χ1v) is 6.59. The van der Waals surface area contributed by atoms with Crippen LogP contribution in [0.25, 0.3) is 0 Å². The third kappa shape index (κ3) is 2.85. The number of aryl methyl sites for hydroxylation is 5. The molecule has 4 nitrogen and oxygen atoms in total. The fourth-order valence-electron chi connectivity index (χ4n) is 2.27. The second kappa shape index (κ2) is 5.41. The highest BCUT2D eigenvalue weighted by Crippen LogP contribution is 2.19. The predicted octanol–water partition coefficient (Wildman–Crippen LogP) is 3.27. The summed E-state index contributed by atoms with van der Waals surface area (Å²) in [4.78, 5) is 21.0. The largest absolute Gasteiger partial charge is 0.322 e. The Labute approximate surface area is 119 Å². The van der Waals surface area contributed by atoms with Crippen molar-refractivity contribution in [1.82, 2.24) is 9.97 Å². The predicted molar refractivity (Wildman–Crippen MR) is 80.1 cm³/mol. The molecule has 0 unspecified atom stereocenters. The molecule has 2 aromatic rings. The Hall–Kier alpha value is -2.23. The molecule has 2 rings (SSSR count). The summed E-state index contributed by atoms with van der Waals surface area (Å²) < 4.78 is 0. The lowest BCUT2D eigenvalue weighted by atomic mass is 10.1. The van der Waals surface area contributed by atoms with E-state index in [1.165, 1.54) is 0 Å². The van der Waals surface area contributed by atoms with Gasteiger partial charge in [0.15, 0.2) is 0 Å². The number of benzene rings is 1. The second-order valence-electron chi connectivity index (χ2n) is 5.09. The fraction of sp³-hybridized carbons (Fsp3) is 0.312. The Morgan fingerprint density at radius 3 is 2.20 bits per heavy atom. The van der Waals surface area contributed by atoms with Gasteiger partial charge in [0.1, 0.15) is 5.82 Å². The van der Waals surface area contributed by atoms with Crippen LogP contribution in [0.1, 0.15) is 38.7 Å². The summed E-state index contributed by atoms with van der Waals surface area (Å²) in [6, 6.07) is 5.99. The van der Waals surface area contributed by atoms with Crippen molar-refractivity contribution in [1.29, 1.82) is 0 Å². The number of nitrogens with zero attached hydrogens (tertiary/aromatic N) is 2. The molecule has 0 aliphatic rings. The first-order chi connectivity index (χ1) is 9.38. The van der Waals surface area contributed by atoms with Crippen LogP contribution in [0, 0.1) is 34.6 Å². The lowest BCUT2D eigenvalue weighted by Crippen LogP contribution is -2.18. The average Bonchev–Trinajstić information content (AvgIpc) is 2.32. The molecule has 0 bridgehead atoms. The van der Waals surface area contributed by atoms with E-state index < -0.39 is 0 Å². The molecule has 1 aromatic heterocycles. The Bertz CT molecular complexity index is 654. The van der Waals surface area contributed by atoms with Crippen LogP contribution in [0.5, 0.6) is 0 Å². The molecule has 0 saturated heterocycles. The molecule has 0 aliphatic heterocycles. The standard InChI is InChI=1S/C16H19N3O/c1-9-6-7-10(2)14(8-9)19-16(20)15-11(3)17-13(5)18-12(15)4/h6-8H,1-5H3,(H,19,20). The molecule has 20 heavy (non-hydrogen) atoms. The van der Waals surface area contributed by atoms with Crippen LogP contribution >= 0.6 is 0 Å². The van der Waals surface area contributed by atoms with Crippen molar-refractivity contribution in [2.24, 2.45) is 0 Å². The van der Waals surface area contributed by atoms with Crippen molar-refractivity contribution >= 4 is 11.6 Å². The van der Waals surface area contributed by atoms with E-state index in [9.17, 15) is 4.79 Å². The van der Waals surface area contributed by atoms with Crippen LogP contribution in [0.3, 0.4) is 0 Å². The van der Waals surface area contributed by atoms with E-state index in [1.54, 1.807) is 0 Å². The molecule has 1 N–H and O–H groups in total. The van der Waals surface area contributed by atoms with Crippen molar-refractivity contribution in [3.05, 3.63) is 52.1 Å². The smallest absolute Gasteiger partial charge is 0.259 e. The van der Waals surface area contributed by atoms with Crippen LogP contribution in [0.15, 0.2) is 18.2 Å². The average molecular weight is 269 g/mol. The summed E-state index contributed by atoms with van der Waals surface area (Å²) >= 11 is 0. The maximum Gasteiger partial charge on any atom is 0.259 e. The Balaban J connectivity index is 2.36. The summed E-state index contributed by atoms with van der Waals surface area (Å²) in [6.07, 6.45) is 0. The molecule has 0 fully saturated rings. The maximum atomic E-state index is 12.4. The number of amides is 1. The highest BCUT2D eigenvalue weighted by Gasteiger charge is 2.16. The molecule has 4 heteroatoms. The van der Waals surface area contributed by atoms with Gasteiger partial charge in [0.25, 0.3) is 5.91 Å². The molecular weight excluding hydrogens is 250 g/mol. The number of nitrogens with one attached hydrogen (secondary N) is 1. The third-order valence-electron chi connectivity index (χ3n) is 3.25. The van der Waals surface area contributed by atoms with E-state index in [0.717, 1.165) is 16.8 Å². The Morgan fingerprint density at radius 1 is 1.00 bits per heavy atom. The van der Waals surface area contributed by atoms with Crippen molar-refractivity contribution < 1.29 is 4.79 Å². The van der Waals surface area contributed by atoms with Gasteiger partial charge in [-0.2, -0.15) is 0 Å². The molecule has 1 amide bonds. The van der Waals surface area contributed by atoms with Crippen LogP contribution in [-0.2, 0) is 0 Å². The molecule has 104 valence electrons. The van der Waals surface area contributed by atoms with Gasteiger partial charge in [0.2, 0.25) is 0 Å². The fourth-order valence-corrected chi connectivity index (χ4v) is 2.27. The van der Waals surface area contributed by atoms with Crippen LogP contribution in [0.4, 0.5) is 5.69 Å². The summed E-state index contributed by atoms with van der Waals surface area (Å²) in [7, 11) is 0. The first-order valence-electron chi connectivity index (χ1n) is 6.59. The number of anilines is 1. The normalized spacial score (nSPS) is 10.4. The van der Waals surface area contributed by atoms with Crippen molar-refractivity contribution in [3.8, 4) is 0 Å². The minimum Gasteiger partial charge on any atom is -0.322 e. The summed E-state index contributed by atoms with van der Waals surface area (Å²) in [5.74, 6) is 0.525. The van der Waals surface area contributed by atoms with Gasteiger partial charge in [-0.05, 0) is 51.8 Å². The molecule has 1 aromatic carbocycles. The van der Waals surface area contributed by atoms with Crippen molar-refractivity contribution in [3.63, 3.8) is 0 Å². The van der Waals surface area contributed by atoms with Gasteiger partial charge in [-0.25, -0.2) is 9.97 Å². The third-order valence-corrected chi connectivity index (χ3v) is 3.25. The van der Waals surface area contributed by atoms with E-state index in [-0.39, 0.29) is 5.91 Å². The van der Waals surface area contributed by atoms with Gasteiger partial charge < -0.3 is 5.32 Å². The van der Waals surface area contributed by atoms with E-state index in [4.69, 9.17) is 0 Å². The van der Waals surface area contributed by atoms with Crippen molar-refractivity contribution in [2.75, 3.05) is 5.32 Å². The van der Waals surface area contributed by atoms with Gasteiger partial charge in [0, 0.05) is 5.69 Å². The molecule has 0 radical (unpaired) electrons. The molecule has 0 spiro atoms. The maximum absolute atomic E-state index is 12.4. The van der Waals surface area contributed by atoms with E-state index >= 15 is 0 Å². The van der Waals surface area contributed by atoms with Crippen LogP contribution < -0.4 is 5.32 Å². The quantitative estimate of drug-likeness (QED) is 0.910. The minimum absolute atomic E-state index is 0.159. The zero-order valence-corrected chi connectivity index (χ0v) is 12.5. The van der Waals surface area contributed by atoms with Gasteiger partial charge in [0.05, 0.1) is 17.0 Å². The van der Waals surface area contributed by atoms with Crippen LogP contribution in [-0.4, -0.2) is 15.9 Å². The van der Waals surface area contributed by atoms with Gasteiger partial charge in [-0.1, -0.05) is 12.1 Å². The first kappa shape index (κ1) is 14.2. The highest BCUT2D eigenvalue weighted by molar-refractivity contribution is 6.06. The minimum atomic E-state index is -0.159. The lowest BCUT2D eigenvalue weighted by Gasteiger charge is -2.12. The molecular formula is C16H19N3O. The van der Waals surface area contributed by atoms with E-state index in [2.05, 4.69) is 15.3 Å². The van der Waals surface area contributed by atoms with Crippen molar-refractivity contribution in [2.45, 2.75) is 34.6 Å². The summed E-state index contributed by atoms with van der Waals surface area (Å²) in [6.45, 7) is 9.47. The monoisotopic (exact) mass is 269 g/mol. The molecule has 1 heterocycles. The zero-order chi connectivity index (χ0) is 14.9. The van der Waals surface area contributed by atoms with E-state index in [1.807, 2.05) is 52.8 Å². The number of hydrogen-bond donors (Lipinski definition) is 1. The van der Waals surface area contributed by atoms with Gasteiger partial charge >= 0.3 is 0 Å². The number of aromatic nitrogens is 2. The molecule has 0 aliphatic carbocycles.